The van der Waals surface area contributed by atoms with Gasteiger partial charge in [-0.25, -0.2) is 8.70 Å². The van der Waals surface area contributed by atoms with Crippen molar-refractivity contribution < 1.29 is 9.13 Å². The Hall–Kier alpha value is -2.84. The van der Waals surface area contributed by atoms with Gasteiger partial charge in [-0.05, 0) is 35.4 Å². The van der Waals surface area contributed by atoms with E-state index >= 15 is 0 Å². The summed E-state index contributed by atoms with van der Waals surface area (Å²) in [7, 11) is 0. The predicted octanol–water partition coefficient (Wildman–Crippen LogP) is 4.10. The smallest absolute Gasteiger partial charge is 0.316 e. The van der Waals surface area contributed by atoms with Crippen molar-refractivity contribution in [3.05, 3.63) is 82.0 Å². The lowest BCUT2D eigenvalue weighted by Crippen LogP contribution is -2.45. The Balaban J connectivity index is 1.45. The SMILES string of the molecule is CC(C)SN1CCN(c2cnn(-c3ccccc3)c(=O)c2OC2Cc3ccc(F)cc3C2)CC1. The van der Waals surface area contributed by atoms with Crippen LogP contribution in [-0.2, 0) is 12.8 Å². The Labute approximate surface area is 203 Å². The maximum absolute atomic E-state index is 13.7. The minimum atomic E-state index is -0.273. The highest BCUT2D eigenvalue weighted by Gasteiger charge is 2.29. The molecule has 5 rings (SSSR count). The van der Waals surface area contributed by atoms with E-state index < -0.39 is 0 Å². The molecule has 6 nitrogen and oxygen atoms in total. The number of piperazine rings is 1. The van der Waals surface area contributed by atoms with E-state index in [0.29, 0.717) is 29.5 Å². The van der Waals surface area contributed by atoms with E-state index in [1.807, 2.05) is 48.3 Å². The van der Waals surface area contributed by atoms with Crippen molar-refractivity contribution in [1.29, 1.82) is 0 Å². The normalized spacial score (nSPS) is 18.4. The summed E-state index contributed by atoms with van der Waals surface area (Å²) in [6, 6.07) is 14.2. The summed E-state index contributed by atoms with van der Waals surface area (Å²) in [5.41, 5.74) is 3.17. The number of hydrogen-bond donors (Lipinski definition) is 0. The van der Waals surface area contributed by atoms with E-state index in [9.17, 15) is 9.18 Å². The molecule has 3 aromatic rings. The third-order valence-corrected chi connectivity index (χ3v) is 7.29. The summed E-state index contributed by atoms with van der Waals surface area (Å²) in [5, 5.41) is 5.03. The first kappa shape index (κ1) is 22.9. The van der Waals surface area contributed by atoms with Gasteiger partial charge in [0.05, 0.1) is 11.9 Å². The van der Waals surface area contributed by atoms with E-state index in [4.69, 9.17) is 4.74 Å². The largest absolute Gasteiger partial charge is 0.482 e. The first-order valence-corrected chi connectivity index (χ1v) is 12.6. The molecule has 2 aromatic carbocycles. The van der Waals surface area contributed by atoms with Crippen molar-refractivity contribution in [3.8, 4) is 11.4 Å². The van der Waals surface area contributed by atoms with Crippen LogP contribution >= 0.6 is 11.9 Å². The minimum absolute atomic E-state index is 0.215. The van der Waals surface area contributed by atoms with Gasteiger partial charge in [-0.3, -0.25) is 4.79 Å². The predicted molar refractivity (Wildman–Crippen MR) is 135 cm³/mol. The Morgan fingerprint density at radius 1 is 1.03 bits per heavy atom. The summed E-state index contributed by atoms with van der Waals surface area (Å²) in [4.78, 5) is 15.8. The van der Waals surface area contributed by atoms with E-state index in [2.05, 4.69) is 28.2 Å². The number of ether oxygens (including phenoxy) is 1. The average Bonchev–Trinajstić information content (AvgIpc) is 3.22. The van der Waals surface area contributed by atoms with Crippen LogP contribution in [0.4, 0.5) is 10.1 Å². The maximum Gasteiger partial charge on any atom is 0.316 e. The second-order valence-corrected chi connectivity index (χ2v) is 10.7. The molecular weight excluding hydrogens is 451 g/mol. The van der Waals surface area contributed by atoms with Crippen LogP contribution in [0.15, 0.2) is 59.5 Å². The maximum atomic E-state index is 13.7. The fraction of sp³-hybridized carbons (Fsp3) is 0.385. The molecule has 8 heteroatoms. The quantitative estimate of drug-likeness (QED) is 0.496. The van der Waals surface area contributed by atoms with Gasteiger partial charge in [-0.15, -0.1) is 0 Å². The van der Waals surface area contributed by atoms with Gasteiger partial charge in [-0.2, -0.15) is 9.78 Å². The van der Waals surface area contributed by atoms with Crippen molar-refractivity contribution in [3.63, 3.8) is 0 Å². The molecule has 2 heterocycles. The molecule has 1 aliphatic carbocycles. The zero-order chi connectivity index (χ0) is 23.7. The molecule has 0 saturated carbocycles. The number of benzene rings is 2. The molecule has 0 spiro atoms. The van der Waals surface area contributed by atoms with Gasteiger partial charge in [0.1, 0.15) is 17.6 Å². The highest BCUT2D eigenvalue weighted by Crippen LogP contribution is 2.31. The topological polar surface area (TPSA) is 50.6 Å². The van der Waals surface area contributed by atoms with Gasteiger partial charge < -0.3 is 9.64 Å². The molecule has 178 valence electrons. The van der Waals surface area contributed by atoms with Gasteiger partial charge >= 0.3 is 5.56 Å². The standard InChI is InChI=1S/C26H29FN4O2S/c1-18(2)34-30-12-10-29(11-13-30)24-17-28-31(22-6-4-3-5-7-22)26(32)25(24)33-23-15-19-8-9-21(27)14-20(19)16-23/h3-9,14,17-18,23H,10-13,15-16H2,1-2H3. The summed E-state index contributed by atoms with van der Waals surface area (Å²) >= 11 is 1.86. The van der Waals surface area contributed by atoms with E-state index in [1.165, 1.54) is 10.7 Å². The zero-order valence-corrected chi connectivity index (χ0v) is 20.3. The molecule has 0 radical (unpaired) electrons. The fourth-order valence-corrected chi connectivity index (χ4v) is 5.62. The first-order chi connectivity index (χ1) is 16.5. The van der Waals surface area contributed by atoms with Crippen molar-refractivity contribution in [2.45, 2.75) is 38.0 Å². The highest BCUT2D eigenvalue weighted by molar-refractivity contribution is 7.97. The molecule has 1 unspecified atom stereocenters. The van der Waals surface area contributed by atoms with Crippen LogP contribution in [0.5, 0.6) is 5.75 Å². The molecule has 2 aliphatic rings. The third-order valence-electron chi connectivity index (χ3n) is 6.20. The molecule has 1 aliphatic heterocycles. The number of hydrogen-bond acceptors (Lipinski definition) is 6. The van der Waals surface area contributed by atoms with Crippen LogP contribution in [0.1, 0.15) is 25.0 Å². The first-order valence-electron chi connectivity index (χ1n) is 11.8. The van der Waals surface area contributed by atoms with Crippen LogP contribution in [0.3, 0.4) is 0 Å². The van der Waals surface area contributed by atoms with E-state index in [0.717, 1.165) is 43.0 Å². The Bertz CT molecular complexity index is 1210. The molecule has 1 atom stereocenters. The van der Waals surface area contributed by atoms with Gasteiger partial charge in [0.2, 0.25) is 5.75 Å². The lowest BCUT2D eigenvalue weighted by atomic mass is 10.1. The van der Waals surface area contributed by atoms with Crippen LogP contribution in [0.25, 0.3) is 5.69 Å². The number of anilines is 1. The molecule has 1 aromatic heterocycles. The Morgan fingerprint density at radius 2 is 1.76 bits per heavy atom. The molecule has 1 saturated heterocycles. The van der Waals surface area contributed by atoms with Gasteiger partial charge in [0, 0.05) is 44.3 Å². The number of aromatic nitrogens is 2. The number of nitrogens with zero attached hydrogens (tertiary/aromatic N) is 4. The van der Waals surface area contributed by atoms with E-state index in [-0.39, 0.29) is 17.5 Å². The van der Waals surface area contributed by atoms with Crippen molar-refractivity contribution >= 4 is 17.6 Å². The lowest BCUT2D eigenvalue weighted by molar-refractivity contribution is 0.209. The van der Waals surface area contributed by atoms with Crippen molar-refractivity contribution in [1.82, 2.24) is 14.1 Å². The monoisotopic (exact) mass is 480 g/mol. The minimum Gasteiger partial charge on any atom is -0.482 e. The van der Waals surface area contributed by atoms with Crippen molar-refractivity contribution in [2.24, 2.45) is 0 Å². The Kier molecular flexibility index (Phi) is 6.61. The van der Waals surface area contributed by atoms with Gasteiger partial charge in [0.15, 0.2) is 0 Å². The lowest BCUT2D eigenvalue weighted by Gasteiger charge is -2.36. The van der Waals surface area contributed by atoms with E-state index in [1.54, 1.807) is 12.3 Å². The third kappa shape index (κ3) is 4.83. The zero-order valence-electron chi connectivity index (χ0n) is 19.5. The van der Waals surface area contributed by atoms with Gasteiger partial charge in [-0.1, -0.05) is 50.1 Å². The summed E-state index contributed by atoms with van der Waals surface area (Å²) in [6.45, 7) is 7.78. The number of halogens is 1. The second kappa shape index (κ2) is 9.80. The van der Waals surface area contributed by atoms with Crippen LogP contribution in [0.2, 0.25) is 0 Å². The van der Waals surface area contributed by atoms with Crippen LogP contribution < -0.4 is 15.2 Å². The number of rotatable bonds is 6. The van der Waals surface area contributed by atoms with Crippen LogP contribution in [0, 0.1) is 5.82 Å². The summed E-state index contributed by atoms with van der Waals surface area (Å²) in [5.74, 6) is 0.0784. The molecule has 0 bridgehead atoms. The number of fused-ring (bicyclic) bond motifs is 1. The molecule has 0 N–H and O–H groups in total. The van der Waals surface area contributed by atoms with Gasteiger partial charge in [0.25, 0.3) is 0 Å². The molecule has 1 fully saturated rings. The van der Waals surface area contributed by atoms with Crippen LogP contribution in [-0.4, -0.2) is 51.6 Å². The fourth-order valence-electron chi connectivity index (χ4n) is 4.65. The van der Waals surface area contributed by atoms with Crippen molar-refractivity contribution in [2.75, 3.05) is 31.1 Å². The molecular formula is C26H29FN4O2S. The highest BCUT2D eigenvalue weighted by atomic mass is 32.2. The Morgan fingerprint density at radius 3 is 2.50 bits per heavy atom. The summed E-state index contributed by atoms with van der Waals surface area (Å²) < 4.78 is 23.9. The number of para-hydroxylation sites is 1. The second-order valence-electron chi connectivity index (χ2n) is 9.04. The molecule has 34 heavy (non-hydrogen) atoms. The average molecular weight is 481 g/mol. The molecule has 0 amide bonds. The summed E-state index contributed by atoms with van der Waals surface area (Å²) in [6.07, 6.45) is 2.77.